The molecular weight excluding hydrogens is 229 g/mol. The minimum atomic E-state index is -2.33. The molecule has 96 valence electrons. The predicted molar refractivity (Wildman–Crippen MR) is 56.4 cm³/mol. The molecule has 0 aromatic rings. The van der Waals surface area contributed by atoms with Gasteiger partial charge in [0.25, 0.3) is 6.30 Å². The summed E-state index contributed by atoms with van der Waals surface area (Å²) in [5.41, 5.74) is -0.487. The van der Waals surface area contributed by atoms with E-state index >= 15 is 0 Å². The number of nitrogens with zero attached hydrogens (tertiary/aromatic N) is 1. The zero-order chi connectivity index (χ0) is 13.2. The molecule has 6 heteroatoms. The number of carbonyl (C=O) groups excluding carboxylic acids is 3. The maximum absolute atomic E-state index is 13.6. The molecule has 1 fully saturated rings. The summed E-state index contributed by atoms with van der Waals surface area (Å²) in [6.45, 7) is 5.02. The van der Waals surface area contributed by atoms with E-state index in [0.29, 0.717) is 4.90 Å². The van der Waals surface area contributed by atoms with E-state index in [0.717, 1.165) is 0 Å². The lowest BCUT2D eigenvalue weighted by Gasteiger charge is -2.35. The van der Waals surface area contributed by atoms with E-state index in [1.807, 2.05) is 0 Å². The number of likely N-dealkylation sites (tertiary alicyclic amines) is 1. The van der Waals surface area contributed by atoms with E-state index in [-0.39, 0.29) is 19.4 Å². The van der Waals surface area contributed by atoms with Crippen LogP contribution in [0.1, 0.15) is 33.6 Å². The van der Waals surface area contributed by atoms with Crippen LogP contribution in [0.25, 0.3) is 0 Å². The maximum Gasteiger partial charge on any atom is 0.362 e. The Morgan fingerprint density at radius 2 is 1.88 bits per heavy atom. The standard InChI is InChI=1S/C11H16FNO4/c1-4-17-10(16)9(12)13-7(14)5-11(2,3)6-8(13)15/h9H,4-6H2,1-3H3. The van der Waals surface area contributed by atoms with Gasteiger partial charge in [0, 0.05) is 12.8 Å². The highest BCUT2D eigenvalue weighted by molar-refractivity contribution is 6.01. The number of rotatable bonds is 3. The molecule has 1 rings (SSSR count). The Morgan fingerprint density at radius 1 is 1.41 bits per heavy atom. The minimum absolute atomic E-state index is 0.000960. The largest absolute Gasteiger partial charge is 0.462 e. The number of halogens is 1. The van der Waals surface area contributed by atoms with Crippen LogP contribution in [0.5, 0.6) is 0 Å². The fourth-order valence-corrected chi connectivity index (χ4v) is 1.76. The Balaban J connectivity index is 2.81. The summed E-state index contributed by atoms with van der Waals surface area (Å²) < 4.78 is 18.1. The van der Waals surface area contributed by atoms with Gasteiger partial charge in [0.15, 0.2) is 0 Å². The maximum atomic E-state index is 13.6. The Labute approximate surface area is 98.9 Å². The topological polar surface area (TPSA) is 63.7 Å². The average molecular weight is 245 g/mol. The highest BCUT2D eigenvalue weighted by Gasteiger charge is 2.43. The SMILES string of the molecule is CCOC(=O)C(F)N1C(=O)CC(C)(C)CC1=O. The number of alkyl halides is 1. The lowest BCUT2D eigenvalue weighted by molar-refractivity contribution is -0.173. The molecule has 1 atom stereocenters. The van der Waals surface area contributed by atoms with Crippen molar-refractivity contribution in [3.05, 3.63) is 0 Å². The predicted octanol–water partition coefficient (Wildman–Crippen LogP) is 1.02. The summed E-state index contributed by atoms with van der Waals surface area (Å²) in [7, 11) is 0. The van der Waals surface area contributed by atoms with E-state index < -0.39 is 29.5 Å². The third-order valence-corrected chi connectivity index (χ3v) is 2.50. The van der Waals surface area contributed by atoms with Crippen molar-refractivity contribution in [2.45, 2.75) is 39.9 Å². The molecular formula is C11H16FNO4. The monoisotopic (exact) mass is 245 g/mol. The van der Waals surface area contributed by atoms with Crippen molar-refractivity contribution in [2.75, 3.05) is 6.61 Å². The van der Waals surface area contributed by atoms with Crippen LogP contribution in [0.2, 0.25) is 0 Å². The lowest BCUT2D eigenvalue weighted by Crippen LogP contribution is -2.52. The molecule has 1 saturated heterocycles. The van der Waals surface area contributed by atoms with Crippen molar-refractivity contribution < 1.29 is 23.5 Å². The van der Waals surface area contributed by atoms with Gasteiger partial charge in [-0.2, -0.15) is 0 Å². The fraction of sp³-hybridized carbons (Fsp3) is 0.727. The number of hydrogen-bond acceptors (Lipinski definition) is 4. The third kappa shape index (κ3) is 3.01. The summed E-state index contributed by atoms with van der Waals surface area (Å²) in [6, 6.07) is 0. The van der Waals surface area contributed by atoms with Gasteiger partial charge in [-0.05, 0) is 12.3 Å². The van der Waals surface area contributed by atoms with E-state index in [2.05, 4.69) is 4.74 Å². The minimum Gasteiger partial charge on any atom is -0.462 e. The Kier molecular flexibility index (Phi) is 3.85. The number of hydrogen-bond donors (Lipinski definition) is 0. The van der Waals surface area contributed by atoms with Crippen molar-refractivity contribution in [1.29, 1.82) is 0 Å². The Morgan fingerprint density at radius 3 is 2.29 bits per heavy atom. The molecule has 1 heterocycles. The molecule has 0 N–H and O–H groups in total. The Bertz CT molecular complexity index is 333. The number of piperidine rings is 1. The van der Waals surface area contributed by atoms with E-state index in [1.54, 1.807) is 13.8 Å². The third-order valence-electron chi connectivity index (χ3n) is 2.50. The first kappa shape index (κ1) is 13.6. The number of amides is 2. The molecule has 0 aliphatic carbocycles. The highest BCUT2D eigenvalue weighted by Crippen LogP contribution is 2.32. The summed E-state index contributed by atoms with van der Waals surface area (Å²) in [6.07, 6.45) is -2.25. The van der Waals surface area contributed by atoms with Crippen molar-refractivity contribution in [1.82, 2.24) is 4.90 Å². The van der Waals surface area contributed by atoms with Crippen molar-refractivity contribution >= 4 is 17.8 Å². The molecule has 0 aromatic carbocycles. The van der Waals surface area contributed by atoms with Gasteiger partial charge in [0.2, 0.25) is 11.8 Å². The van der Waals surface area contributed by atoms with Gasteiger partial charge in [0.1, 0.15) is 0 Å². The van der Waals surface area contributed by atoms with Gasteiger partial charge in [-0.1, -0.05) is 13.8 Å². The van der Waals surface area contributed by atoms with Crippen LogP contribution in [-0.2, 0) is 19.1 Å². The second-order valence-corrected chi connectivity index (χ2v) is 4.76. The highest BCUT2D eigenvalue weighted by atomic mass is 19.1. The number of ether oxygens (including phenoxy) is 1. The average Bonchev–Trinajstić information content (AvgIpc) is 2.14. The van der Waals surface area contributed by atoms with Crippen LogP contribution >= 0.6 is 0 Å². The van der Waals surface area contributed by atoms with Crippen LogP contribution in [0.15, 0.2) is 0 Å². The van der Waals surface area contributed by atoms with Crippen molar-refractivity contribution in [3.63, 3.8) is 0 Å². The molecule has 17 heavy (non-hydrogen) atoms. The molecule has 2 amide bonds. The smallest absolute Gasteiger partial charge is 0.362 e. The lowest BCUT2D eigenvalue weighted by atomic mass is 9.82. The number of esters is 1. The van der Waals surface area contributed by atoms with Gasteiger partial charge in [0.05, 0.1) is 6.61 Å². The normalized spacial score (nSPS) is 21.3. The van der Waals surface area contributed by atoms with Crippen molar-refractivity contribution in [2.24, 2.45) is 5.41 Å². The first-order valence-corrected chi connectivity index (χ1v) is 5.44. The van der Waals surface area contributed by atoms with Crippen molar-refractivity contribution in [3.8, 4) is 0 Å². The number of carbonyl (C=O) groups is 3. The Hall–Kier alpha value is -1.46. The zero-order valence-electron chi connectivity index (χ0n) is 10.2. The summed E-state index contributed by atoms with van der Waals surface area (Å²) >= 11 is 0. The molecule has 0 saturated carbocycles. The summed E-state index contributed by atoms with van der Waals surface area (Å²) in [5, 5.41) is 0. The molecule has 1 aliphatic heterocycles. The van der Waals surface area contributed by atoms with E-state index in [4.69, 9.17) is 0 Å². The van der Waals surface area contributed by atoms with Gasteiger partial charge in [-0.25, -0.2) is 14.1 Å². The number of imide groups is 1. The van der Waals surface area contributed by atoms with E-state index in [9.17, 15) is 18.8 Å². The quantitative estimate of drug-likeness (QED) is 0.423. The second-order valence-electron chi connectivity index (χ2n) is 4.76. The van der Waals surface area contributed by atoms with Crippen LogP contribution in [0.3, 0.4) is 0 Å². The molecule has 0 radical (unpaired) electrons. The molecule has 0 aromatic heterocycles. The van der Waals surface area contributed by atoms with Crippen LogP contribution < -0.4 is 0 Å². The molecule has 1 aliphatic rings. The van der Waals surface area contributed by atoms with Gasteiger partial charge in [-0.15, -0.1) is 0 Å². The first-order valence-electron chi connectivity index (χ1n) is 5.44. The fourth-order valence-electron chi connectivity index (χ4n) is 1.76. The van der Waals surface area contributed by atoms with Crippen LogP contribution in [0.4, 0.5) is 4.39 Å². The first-order chi connectivity index (χ1) is 7.78. The summed E-state index contributed by atoms with van der Waals surface area (Å²) in [4.78, 5) is 34.8. The van der Waals surface area contributed by atoms with E-state index in [1.165, 1.54) is 6.92 Å². The second kappa shape index (κ2) is 4.81. The summed E-state index contributed by atoms with van der Waals surface area (Å²) in [5.74, 6) is -2.55. The van der Waals surface area contributed by atoms with Crippen LogP contribution in [0, 0.1) is 5.41 Å². The van der Waals surface area contributed by atoms with Gasteiger partial charge < -0.3 is 4.74 Å². The van der Waals surface area contributed by atoms with Gasteiger partial charge >= 0.3 is 5.97 Å². The van der Waals surface area contributed by atoms with Gasteiger partial charge in [-0.3, -0.25) is 9.59 Å². The molecule has 0 spiro atoms. The zero-order valence-corrected chi connectivity index (χ0v) is 10.2. The molecule has 0 bridgehead atoms. The van der Waals surface area contributed by atoms with Crippen LogP contribution in [-0.4, -0.2) is 35.6 Å². The molecule has 1 unspecified atom stereocenters. The molecule has 5 nitrogen and oxygen atoms in total.